The highest BCUT2D eigenvalue weighted by molar-refractivity contribution is 5.80. The van der Waals surface area contributed by atoms with Crippen LogP contribution in [0.4, 0.5) is 0 Å². The first kappa shape index (κ1) is 17.4. The zero-order valence-electron chi connectivity index (χ0n) is 12.4. The van der Waals surface area contributed by atoms with E-state index in [9.17, 15) is 10.0 Å². The predicted molar refractivity (Wildman–Crippen MR) is 73.1 cm³/mol. The maximum Gasteiger partial charge on any atom is 0.263 e. The number of likely N-dealkylation sites (N-methyl/N-ethyl adjacent to an activating group) is 1. The van der Waals surface area contributed by atoms with Crippen LogP contribution in [0.5, 0.6) is 0 Å². The standard InChI is InChI=1S/C13H30N3O2/c1-5-6-7-8-9-12(14)13(17)15(18)10-11-16(2,3)4/h12,18H,5-11,14H2,1-4H3/q+1. The number of unbranched alkanes of at least 4 members (excludes halogenated alkanes) is 3. The first-order valence-corrected chi connectivity index (χ1v) is 6.84. The van der Waals surface area contributed by atoms with E-state index < -0.39 is 6.04 Å². The van der Waals surface area contributed by atoms with Gasteiger partial charge in [-0.15, -0.1) is 0 Å². The molecule has 0 saturated carbocycles. The minimum Gasteiger partial charge on any atom is -0.329 e. The van der Waals surface area contributed by atoms with Crippen molar-refractivity contribution in [2.75, 3.05) is 34.2 Å². The van der Waals surface area contributed by atoms with Crippen molar-refractivity contribution in [1.29, 1.82) is 0 Å². The molecule has 0 spiro atoms. The summed E-state index contributed by atoms with van der Waals surface area (Å²) in [7, 11) is 6.05. The molecule has 0 radical (unpaired) electrons. The van der Waals surface area contributed by atoms with Gasteiger partial charge in [0, 0.05) is 0 Å². The average molecular weight is 260 g/mol. The van der Waals surface area contributed by atoms with Crippen LogP contribution in [-0.2, 0) is 4.79 Å². The molecular weight excluding hydrogens is 230 g/mol. The second-order valence-electron chi connectivity index (χ2n) is 5.93. The summed E-state index contributed by atoms with van der Waals surface area (Å²) in [5.41, 5.74) is 5.78. The van der Waals surface area contributed by atoms with Crippen LogP contribution in [0.2, 0.25) is 0 Å². The molecule has 0 fully saturated rings. The first-order valence-electron chi connectivity index (χ1n) is 6.84. The molecule has 0 aliphatic heterocycles. The Kier molecular flexibility index (Phi) is 8.15. The van der Waals surface area contributed by atoms with E-state index in [1.165, 1.54) is 12.8 Å². The number of nitrogens with zero attached hydrogens (tertiary/aromatic N) is 2. The number of carbonyl (C=O) groups is 1. The second kappa shape index (κ2) is 8.45. The number of rotatable bonds is 9. The monoisotopic (exact) mass is 260 g/mol. The number of hydrogen-bond donors (Lipinski definition) is 2. The molecule has 0 aromatic heterocycles. The number of quaternary nitrogens is 1. The molecule has 5 heteroatoms. The van der Waals surface area contributed by atoms with Crippen molar-refractivity contribution < 1.29 is 14.5 Å². The molecule has 0 heterocycles. The highest BCUT2D eigenvalue weighted by Gasteiger charge is 2.21. The molecule has 18 heavy (non-hydrogen) atoms. The largest absolute Gasteiger partial charge is 0.329 e. The van der Waals surface area contributed by atoms with Gasteiger partial charge in [-0.25, -0.2) is 5.06 Å². The van der Waals surface area contributed by atoms with Gasteiger partial charge in [-0.05, 0) is 6.42 Å². The lowest BCUT2D eigenvalue weighted by Gasteiger charge is -2.27. The maximum atomic E-state index is 11.8. The van der Waals surface area contributed by atoms with E-state index in [1.807, 2.05) is 21.1 Å². The maximum absolute atomic E-state index is 11.8. The summed E-state index contributed by atoms with van der Waals surface area (Å²) in [6.07, 6.45) is 5.04. The van der Waals surface area contributed by atoms with Crippen molar-refractivity contribution in [3.8, 4) is 0 Å². The summed E-state index contributed by atoms with van der Waals surface area (Å²) in [6.45, 7) is 3.17. The third-order valence-electron chi connectivity index (χ3n) is 2.92. The number of hydroxylamine groups is 2. The van der Waals surface area contributed by atoms with Gasteiger partial charge in [-0.1, -0.05) is 32.6 Å². The van der Waals surface area contributed by atoms with Gasteiger partial charge in [0.05, 0.1) is 40.3 Å². The van der Waals surface area contributed by atoms with Crippen LogP contribution in [0.15, 0.2) is 0 Å². The van der Waals surface area contributed by atoms with Crippen LogP contribution < -0.4 is 5.73 Å². The van der Waals surface area contributed by atoms with Crippen molar-refractivity contribution in [3.63, 3.8) is 0 Å². The number of carbonyl (C=O) groups excluding carboxylic acids is 1. The van der Waals surface area contributed by atoms with Gasteiger partial charge in [-0.2, -0.15) is 0 Å². The van der Waals surface area contributed by atoms with Gasteiger partial charge in [-0.3, -0.25) is 10.0 Å². The van der Waals surface area contributed by atoms with Crippen LogP contribution in [-0.4, -0.2) is 60.9 Å². The Morgan fingerprint density at radius 2 is 1.89 bits per heavy atom. The highest BCUT2D eigenvalue weighted by atomic mass is 16.5. The zero-order chi connectivity index (χ0) is 14.2. The Morgan fingerprint density at radius 3 is 2.39 bits per heavy atom. The van der Waals surface area contributed by atoms with Crippen molar-refractivity contribution >= 4 is 5.91 Å². The van der Waals surface area contributed by atoms with E-state index in [1.54, 1.807) is 0 Å². The molecule has 1 atom stereocenters. The molecule has 108 valence electrons. The van der Waals surface area contributed by atoms with Gasteiger partial charge < -0.3 is 10.2 Å². The summed E-state index contributed by atoms with van der Waals surface area (Å²) in [5.74, 6) is -0.361. The lowest BCUT2D eigenvalue weighted by Crippen LogP contribution is -2.47. The fourth-order valence-electron chi connectivity index (χ4n) is 1.61. The number of nitrogens with two attached hydrogens (primary N) is 1. The summed E-state index contributed by atoms with van der Waals surface area (Å²) >= 11 is 0. The molecule has 0 aromatic carbocycles. The van der Waals surface area contributed by atoms with Gasteiger partial charge in [0.1, 0.15) is 0 Å². The predicted octanol–water partition coefficient (Wildman–Crippen LogP) is 1.21. The van der Waals surface area contributed by atoms with Crippen molar-refractivity contribution in [3.05, 3.63) is 0 Å². The van der Waals surface area contributed by atoms with Crippen LogP contribution in [0, 0.1) is 0 Å². The minimum atomic E-state index is -0.570. The summed E-state index contributed by atoms with van der Waals surface area (Å²) in [5, 5.41) is 10.4. The smallest absolute Gasteiger partial charge is 0.263 e. The van der Waals surface area contributed by atoms with E-state index >= 15 is 0 Å². The highest BCUT2D eigenvalue weighted by Crippen LogP contribution is 2.06. The van der Waals surface area contributed by atoms with E-state index in [-0.39, 0.29) is 5.91 Å². The summed E-state index contributed by atoms with van der Waals surface area (Å²) in [4.78, 5) is 11.8. The summed E-state index contributed by atoms with van der Waals surface area (Å²) < 4.78 is 0.704. The van der Waals surface area contributed by atoms with Crippen molar-refractivity contribution in [1.82, 2.24) is 5.06 Å². The Hall–Kier alpha value is -0.650. The van der Waals surface area contributed by atoms with E-state index in [2.05, 4.69) is 6.92 Å². The Morgan fingerprint density at radius 1 is 1.28 bits per heavy atom. The Labute approximate surface area is 111 Å². The van der Waals surface area contributed by atoms with Crippen LogP contribution in [0.25, 0.3) is 0 Å². The van der Waals surface area contributed by atoms with E-state index in [4.69, 9.17) is 5.73 Å². The molecular formula is C13H30N3O2+. The number of hydrogen-bond acceptors (Lipinski definition) is 3. The zero-order valence-corrected chi connectivity index (χ0v) is 12.4. The topological polar surface area (TPSA) is 66.6 Å². The lowest BCUT2D eigenvalue weighted by molar-refractivity contribution is -0.870. The average Bonchev–Trinajstić information content (AvgIpc) is 2.29. The first-order chi connectivity index (χ1) is 8.28. The van der Waals surface area contributed by atoms with Crippen molar-refractivity contribution in [2.24, 2.45) is 5.73 Å². The molecule has 1 amide bonds. The molecule has 5 nitrogen and oxygen atoms in total. The third-order valence-corrected chi connectivity index (χ3v) is 2.92. The van der Waals surface area contributed by atoms with Gasteiger partial charge in [0.2, 0.25) is 0 Å². The van der Waals surface area contributed by atoms with Crippen LogP contribution in [0.3, 0.4) is 0 Å². The van der Waals surface area contributed by atoms with Crippen molar-refractivity contribution in [2.45, 2.75) is 45.1 Å². The van der Waals surface area contributed by atoms with Gasteiger partial charge in [0.25, 0.3) is 5.91 Å². The minimum absolute atomic E-state index is 0.324. The molecule has 0 aliphatic rings. The normalized spacial score (nSPS) is 13.4. The molecule has 0 saturated heterocycles. The Bertz CT molecular complexity index is 239. The quantitative estimate of drug-likeness (QED) is 0.283. The molecule has 0 bridgehead atoms. The van der Waals surface area contributed by atoms with Crippen LogP contribution in [0.1, 0.15) is 39.0 Å². The summed E-state index contributed by atoms with van der Waals surface area (Å²) in [6, 6.07) is -0.570. The molecule has 3 N–H and O–H groups in total. The molecule has 0 aromatic rings. The van der Waals surface area contributed by atoms with Gasteiger partial charge >= 0.3 is 0 Å². The van der Waals surface area contributed by atoms with Crippen LogP contribution >= 0.6 is 0 Å². The molecule has 0 rings (SSSR count). The molecule has 1 unspecified atom stereocenters. The SMILES string of the molecule is CCCCCCC(N)C(=O)N(O)CC[N+](C)(C)C. The van der Waals surface area contributed by atoms with E-state index in [0.717, 1.165) is 17.9 Å². The fourth-order valence-corrected chi connectivity index (χ4v) is 1.61. The second-order valence-corrected chi connectivity index (χ2v) is 5.93. The Balaban J connectivity index is 3.90. The molecule has 0 aliphatic carbocycles. The third kappa shape index (κ3) is 8.44. The fraction of sp³-hybridized carbons (Fsp3) is 0.923. The number of amides is 1. The van der Waals surface area contributed by atoms with Gasteiger partial charge in [0.15, 0.2) is 0 Å². The van der Waals surface area contributed by atoms with E-state index in [0.29, 0.717) is 24.0 Å². The lowest BCUT2D eigenvalue weighted by atomic mass is 10.1.